The van der Waals surface area contributed by atoms with E-state index in [1.54, 1.807) is 18.2 Å². The molecule has 1 heterocycles. The number of carboxylic acids is 1. The summed E-state index contributed by atoms with van der Waals surface area (Å²) >= 11 is 0. The first-order valence-electron chi connectivity index (χ1n) is 7.91. The van der Waals surface area contributed by atoms with E-state index in [0.717, 1.165) is 10.2 Å². The van der Waals surface area contributed by atoms with E-state index in [0.29, 0.717) is 11.4 Å². The van der Waals surface area contributed by atoms with Gasteiger partial charge in [0, 0.05) is 16.8 Å². The van der Waals surface area contributed by atoms with Gasteiger partial charge in [0.05, 0.1) is 6.20 Å². The lowest BCUT2D eigenvalue weighted by molar-refractivity contribution is -0.123. The van der Waals surface area contributed by atoms with Crippen LogP contribution in [-0.4, -0.2) is 37.9 Å². The van der Waals surface area contributed by atoms with E-state index in [9.17, 15) is 14.4 Å². The van der Waals surface area contributed by atoms with Crippen molar-refractivity contribution in [2.75, 3.05) is 10.6 Å². The van der Waals surface area contributed by atoms with Crippen molar-refractivity contribution in [1.29, 1.82) is 0 Å². The molecule has 26 heavy (non-hydrogen) atoms. The molecule has 2 amide bonds. The third-order valence-electron chi connectivity index (χ3n) is 3.51. The van der Waals surface area contributed by atoms with E-state index < -0.39 is 17.3 Å². The Bertz CT molecular complexity index is 851. The Kier molecular flexibility index (Phi) is 5.39. The molecule has 0 aliphatic carbocycles. The summed E-state index contributed by atoms with van der Waals surface area (Å²) in [5.74, 6) is -1.74. The number of aromatic nitrogens is 3. The maximum atomic E-state index is 12.2. The number of amides is 2. The number of nitrogens with zero attached hydrogens (tertiary/aromatic N) is 3. The maximum absolute atomic E-state index is 12.2. The number of carbonyl (C=O) groups is 3. The van der Waals surface area contributed by atoms with E-state index in [-0.39, 0.29) is 18.1 Å². The van der Waals surface area contributed by atoms with Crippen LogP contribution in [0.4, 0.5) is 11.4 Å². The molecule has 0 saturated heterocycles. The first kappa shape index (κ1) is 19.1. The molecule has 0 atom stereocenters. The Labute approximate surface area is 150 Å². The Morgan fingerprint density at radius 1 is 1.19 bits per heavy atom. The van der Waals surface area contributed by atoms with Crippen molar-refractivity contribution in [3.8, 4) is 0 Å². The minimum absolute atomic E-state index is 0.132. The normalized spacial score (nSPS) is 11.1. The Morgan fingerprint density at radius 3 is 2.46 bits per heavy atom. The van der Waals surface area contributed by atoms with Crippen LogP contribution < -0.4 is 10.6 Å². The van der Waals surface area contributed by atoms with Crippen molar-refractivity contribution in [2.45, 2.75) is 34.2 Å². The van der Waals surface area contributed by atoms with Gasteiger partial charge in [-0.2, -0.15) is 0 Å². The third-order valence-corrected chi connectivity index (χ3v) is 3.51. The van der Waals surface area contributed by atoms with Gasteiger partial charge in [-0.1, -0.05) is 32.1 Å². The molecule has 9 nitrogen and oxygen atoms in total. The van der Waals surface area contributed by atoms with Crippen LogP contribution in [-0.2, 0) is 16.1 Å². The average Bonchev–Trinajstić information content (AvgIpc) is 2.98. The highest BCUT2D eigenvalue weighted by Crippen LogP contribution is 2.23. The summed E-state index contributed by atoms with van der Waals surface area (Å²) in [5, 5.41) is 21.4. The highest BCUT2D eigenvalue weighted by molar-refractivity contribution is 5.97. The van der Waals surface area contributed by atoms with Crippen molar-refractivity contribution in [3.05, 3.63) is 35.7 Å². The number of anilines is 2. The molecule has 0 fully saturated rings. The largest absolute Gasteiger partial charge is 0.476 e. The van der Waals surface area contributed by atoms with Gasteiger partial charge in [0.2, 0.25) is 11.8 Å². The number of hydrogen-bond acceptors (Lipinski definition) is 5. The fraction of sp³-hybridized carbons (Fsp3) is 0.353. The van der Waals surface area contributed by atoms with Crippen LogP contribution in [0.1, 0.15) is 36.8 Å². The summed E-state index contributed by atoms with van der Waals surface area (Å²) < 4.78 is 1.13. The second-order valence-electron chi connectivity index (χ2n) is 6.89. The monoisotopic (exact) mass is 359 g/mol. The molecule has 0 aliphatic rings. The number of carboxylic acid groups (broad SMARTS) is 1. The fourth-order valence-electron chi connectivity index (χ4n) is 1.97. The number of nitrogens with one attached hydrogen (secondary N) is 2. The van der Waals surface area contributed by atoms with E-state index in [2.05, 4.69) is 20.9 Å². The van der Waals surface area contributed by atoms with E-state index in [1.165, 1.54) is 6.20 Å². The molecule has 1 aromatic heterocycles. The number of hydrogen-bond donors (Lipinski definition) is 3. The zero-order valence-corrected chi connectivity index (χ0v) is 15.0. The molecule has 138 valence electrons. The van der Waals surface area contributed by atoms with Gasteiger partial charge in [-0.25, -0.2) is 9.48 Å². The van der Waals surface area contributed by atoms with E-state index >= 15 is 0 Å². The molecule has 2 aromatic rings. The molecular formula is C17H21N5O4. The molecule has 9 heteroatoms. The van der Waals surface area contributed by atoms with Crippen LogP contribution in [0.2, 0.25) is 0 Å². The van der Waals surface area contributed by atoms with Gasteiger partial charge in [0.15, 0.2) is 5.69 Å². The van der Waals surface area contributed by atoms with Crippen LogP contribution in [0.15, 0.2) is 24.4 Å². The van der Waals surface area contributed by atoms with Crippen molar-refractivity contribution >= 4 is 29.2 Å². The summed E-state index contributed by atoms with van der Waals surface area (Å²) in [6.07, 6.45) is 1.17. The molecular weight excluding hydrogens is 338 g/mol. The molecule has 0 aliphatic heterocycles. The van der Waals surface area contributed by atoms with Gasteiger partial charge in [0.1, 0.15) is 6.54 Å². The minimum Gasteiger partial charge on any atom is -0.476 e. The van der Waals surface area contributed by atoms with Gasteiger partial charge in [-0.15, -0.1) is 5.10 Å². The quantitative estimate of drug-likeness (QED) is 0.748. The second-order valence-corrected chi connectivity index (χ2v) is 6.89. The van der Waals surface area contributed by atoms with Gasteiger partial charge < -0.3 is 15.7 Å². The van der Waals surface area contributed by atoms with Crippen LogP contribution in [0.3, 0.4) is 0 Å². The summed E-state index contributed by atoms with van der Waals surface area (Å²) in [6.45, 7) is 7.11. The highest BCUT2D eigenvalue weighted by Gasteiger charge is 2.22. The Hall–Kier alpha value is -3.23. The topological polar surface area (TPSA) is 126 Å². The number of benzene rings is 1. The van der Waals surface area contributed by atoms with E-state index in [4.69, 9.17) is 5.11 Å². The first-order chi connectivity index (χ1) is 12.1. The summed E-state index contributed by atoms with van der Waals surface area (Å²) in [6, 6.07) is 5.16. The van der Waals surface area contributed by atoms with Crippen molar-refractivity contribution < 1.29 is 19.5 Å². The predicted molar refractivity (Wildman–Crippen MR) is 94.9 cm³/mol. The fourth-order valence-corrected chi connectivity index (χ4v) is 1.97. The SMILES string of the molecule is Cc1ccc(NC(=O)Cn2cc(C(=O)O)nn2)cc1NC(=O)C(C)(C)C. The van der Waals surface area contributed by atoms with E-state index in [1.807, 2.05) is 27.7 Å². The van der Waals surface area contributed by atoms with Gasteiger partial charge in [0.25, 0.3) is 0 Å². The Morgan fingerprint density at radius 2 is 1.88 bits per heavy atom. The minimum atomic E-state index is -1.21. The molecule has 0 saturated carbocycles. The summed E-state index contributed by atoms with van der Waals surface area (Å²) in [5.41, 5.74) is 1.20. The number of rotatable bonds is 5. The van der Waals surface area contributed by atoms with Gasteiger partial charge in [-0.05, 0) is 24.6 Å². The van der Waals surface area contributed by atoms with Gasteiger partial charge >= 0.3 is 5.97 Å². The zero-order valence-electron chi connectivity index (χ0n) is 15.0. The molecule has 1 aromatic carbocycles. The zero-order chi connectivity index (χ0) is 19.5. The second kappa shape index (κ2) is 7.34. The number of aryl methyl sites for hydroxylation is 1. The van der Waals surface area contributed by atoms with Crippen LogP contribution in [0, 0.1) is 12.3 Å². The maximum Gasteiger partial charge on any atom is 0.358 e. The lowest BCUT2D eigenvalue weighted by atomic mass is 9.95. The van der Waals surface area contributed by atoms with Crippen LogP contribution in [0.5, 0.6) is 0 Å². The highest BCUT2D eigenvalue weighted by atomic mass is 16.4. The lowest BCUT2D eigenvalue weighted by Gasteiger charge is -2.19. The first-order valence-corrected chi connectivity index (χ1v) is 7.91. The molecule has 0 bridgehead atoms. The average molecular weight is 359 g/mol. The number of aromatic carboxylic acids is 1. The third kappa shape index (κ3) is 4.88. The van der Waals surface area contributed by atoms with Crippen molar-refractivity contribution in [1.82, 2.24) is 15.0 Å². The predicted octanol–water partition coefficient (Wildman–Crippen LogP) is 1.91. The molecule has 0 radical (unpaired) electrons. The molecule has 0 unspecified atom stereocenters. The summed E-state index contributed by atoms with van der Waals surface area (Å²) in [4.78, 5) is 35.0. The number of carbonyl (C=O) groups excluding carboxylic acids is 2. The van der Waals surface area contributed by atoms with Gasteiger partial charge in [-0.3, -0.25) is 9.59 Å². The van der Waals surface area contributed by atoms with Crippen LogP contribution in [0.25, 0.3) is 0 Å². The molecule has 2 rings (SSSR count). The van der Waals surface area contributed by atoms with Crippen molar-refractivity contribution in [3.63, 3.8) is 0 Å². The molecule has 0 spiro atoms. The Balaban J connectivity index is 2.06. The van der Waals surface area contributed by atoms with Crippen molar-refractivity contribution in [2.24, 2.45) is 5.41 Å². The van der Waals surface area contributed by atoms with Crippen LogP contribution >= 0.6 is 0 Å². The summed E-state index contributed by atoms with van der Waals surface area (Å²) in [7, 11) is 0. The lowest BCUT2D eigenvalue weighted by Crippen LogP contribution is -2.28. The smallest absolute Gasteiger partial charge is 0.358 e. The standard InChI is InChI=1S/C17H21N5O4/c1-10-5-6-11(7-12(10)19-16(26)17(2,3)4)18-14(23)9-22-8-13(15(24)25)20-21-22/h5-8H,9H2,1-4H3,(H,18,23)(H,19,26)(H,24,25). The molecule has 3 N–H and O–H groups in total.